The topological polar surface area (TPSA) is 66.4 Å². The lowest BCUT2D eigenvalue weighted by molar-refractivity contribution is -0.132. The fourth-order valence-corrected chi connectivity index (χ4v) is 1.77. The number of carbonyl (C=O) groups is 2. The Balaban J connectivity index is 2.71. The van der Waals surface area contributed by atoms with Crippen LogP contribution in [0.4, 0.5) is 0 Å². The molecule has 0 spiro atoms. The highest BCUT2D eigenvalue weighted by Gasteiger charge is 2.22. The molecule has 88 valence electrons. The first-order valence-corrected chi connectivity index (χ1v) is 5.39. The normalized spacial score (nSPS) is 26.8. The predicted octanol–water partition coefficient (Wildman–Crippen LogP) is 1.49. The number of nitrogens with one attached hydrogen (secondary N) is 1. The van der Waals surface area contributed by atoms with Gasteiger partial charge in [-0.2, -0.15) is 0 Å². The minimum absolute atomic E-state index is 0.0630. The van der Waals surface area contributed by atoms with Gasteiger partial charge in [-0.3, -0.25) is 4.79 Å². The van der Waals surface area contributed by atoms with Gasteiger partial charge in [0, 0.05) is 11.6 Å². The summed E-state index contributed by atoms with van der Waals surface area (Å²) < 4.78 is 0. The Morgan fingerprint density at radius 2 is 2.25 bits per heavy atom. The molecule has 0 aromatic carbocycles. The van der Waals surface area contributed by atoms with Gasteiger partial charge in [0.05, 0.1) is 5.92 Å². The summed E-state index contributed by atoms with van der Waals surface area (Å²) in [7, 11) is 0. The lowest BCUT2D eigenvalue weighted by Crippen LogP contribution is -2.35. The highest BCUT2D eigenvalue weighted by atomic mass is 16.4. The van der Waals surface area contributed by atoms with Crippen molar-refractivity contribution in [3.8, 4) is 0 Å². The number of hydrogen-bond donors (Lipinski definition) is 2. The standard InChI is InChI=1S/C12H17NO3/c1-3-9-5-4-6-10(13-11(9)14)7-8(2)12(15)16/h3,7,9-10H,1,4-6H2,2H3,(H,13,14)(H,15,16). The summed E-state index contributed by atoms with van der Waals surface area (Å²) in [5, 5.41) is 11.6. The molecule has 0 radical (unpaired) electrons. The number of rotatable bonds is 3. The molecule has 1 fully saturated rings. The van der Waals surface area contributed by atoms with Gasteiger partial charge < -0.3 is 10.4 Å². The Labute approximate surface area is 95.0 Å². The van der Waals surface area contributed by atoms with E-state index in [9.17, 15) is 9.59 Å². The maximum atomic E-state index is 11.6. The Hall–Kier alpha value is -1.58. The minimum atomic E-state index is -0.946. The third-order valence-corrected chi connectivity index (χ3v) is 2.77. The molecule has 0 aromatic heterocycles. The van der Waals surface area contributed by atoms with Crippen molar-refractivity contribution < 1.29 is 14.7 Å². The Morgan fingerprint density at radius 3 is 2.81 bits per heavy atom. The summed E-state index contributed by atoms with van der Waals surface area (Å²) in [6, 6.07) is -0.173. The average Bonchev–Trinajstić information content (AvgIpc) is 2.39. The van der Waals surface area contributed by atoms with Crippen molar-refractivity contribution in [2.45, 2.75) is 32.2 Å². The Kier molecular flexibility index (Phi) is 4.28. The monoisotopic (exact) mass is 223 g/mol. The highest BCUT2D eigenvalue weighted by Crippen LogP contribution is 2.17. The van der Waals surface area contributed by atoms with Crippen LogP contribution < -0.4 is 5.32 Å². The molecule has 0 aromatic rings. The van der Waals surface area contributed by atoms with Gasteiger partial charge in [0.1, 0.15) is 0 Å². The van der Waals surface area contributed by atoms with Crippen LogP contribution in [0.15, 0.2) is 24.3 Å². The second kappa shape index (κ2) is 5.49. The molecule has 2 N–H and O–H groups in total. The first-order valence-electron chi connectivity index (χ1n) is 5.39. The van der Waals surface area contributed by atoms with E-state index in [0.29, 0.717) is 0 Å². The number of carboxylic acids is 1. The van der Waals surface area contributed by atoms with Crippen molar-refractivity contribution in [1.82, 2.24) is 5.32 Å². The van der Waals surface area contributed by atoms with E-state index in [-0.39, 0.29) is 23.4 Å². The molecule has 0 saturated carbocycles. The summed E-state index contributed by atoms with van der Waals surface area (Å²) in [4.78, 5) is 22.3. The molecule has 1 rings (SSSR count). The van der Waals surface area contributed by atoms with Crippen LogP contribution in [0.3, 0.4) is 0 Å². The molecule has 1 amide bonds. The maximum absolute atomic E-state index is 11.6. The van der Waals surface area contributed by atoms with Crippen LogP contribution in [-0.4, -0.2) is 23.0 Å². The SMILES string of the molecule is C=CC1CCCC(C=C(C)C(=O)O)NC1=O. The highest BCUT2D eigenvalue weighted by molar-refractivity contribution is 5.86. The molecule has 2 unspecified atom stereocenters. The van der Waals surface area contributed by atoms with Crippen LogP contribution in [0.25, 0.3) is 0 Å². The van der Waals surface area contributed by atoms with Gasteiger partial charge in [-0.1, -0.05) is 12.2 Å². The molecule has 0 bridgehead atoms. The van der Waals surface area contributed by atoms with Crippen molar-refractivity contribution >= 4 is 11.9 Å². The summed E-state index contributed by atoms with van der Waals surface area (Å²) in [6.45, 7) is 5.15. The summed E-state index contributed by atoms with van der Waals surface area (Å²) in [5.41, 5.74) is 0.266. The molecular weight excluding hydrogens is 206 g/mol. The maximum Gasteiger partial charge on any atom is 0.331 e. The smallest absolute Gasteiger partial charge is 0.331 e. The largest absolute Gasteiger partial charge is 0.478 e. The Bertz CT molecular complexity index is 333. The lowest BCUT2D eigenvalue weighted by atomic mass is 10.0. The van der Waals surface area contributed by atoms with Crippen molar-refractivity contribution in [3.05, 3.63) is 24.3 Å². The van der Waals surface area contributed by atoms with Gasteiger partial charge >= 0.3 is 5.97 Å². The summed E-state index contributed by atoms with van der Waals surface area (Å²) in [6.07, 6.45) is 5.70. The van der Waals surface area contributed by atoms with E-state index in [4.69, 9.17) is 5.11 Å². The van der Waals surface area contributed by atoms with Gasteiger partial charge in [-0.05, 0) is 26.2 Å². The summed E-state index contributed by atoms with van der Waals surface area (Å²) >= 11 is 0. The van der Waals surface area contributed by atoms with Crippen LogP contribution >= 0.6 is 0 Å². The molecule has 1 aliphatic heterocycles. The third kappa shape index (κ3) is 3.22. The van der Waals surface area contributed by atoms with Crippen LogP contribution in [0.1, 0.15) is 26.2 Å². The molecule has 4 nitrogen and oxygen atoms in total. The average molecular weight is 223 g/mol. The molecule has 1 heterocycles. The van der Waals surface area contributed by atoms with E-state index < -0.39 is 5.97 Å². The fourth-order valence-electron chi connectivity index (χ4n) is 1.77. The zero-order valence-corrected chi connectivity index (χ0v) is 9.40. The summed E-state index contributed by atoms with van der Waals surface area (Å²) in [5.74, 6) is -1.16. The van der Waals surface area contributed by atoms with Crippen LogP contribution in [0.2, 0.25) is 0 Å². The second-order valence-corrected chi connectivity index (χ2v) is 4.04. The molecule has 2 atom stereocenters. The lowest BCUT2D eigenvalue weighted by Gasteiger charge is -2.12. The van der Waals surface area contributed by atoms with Crippen LogP contribution in [0, 0.1) is 5.92 Å². The van der Waals surface area contributed by atoms with Crippen molar-refractivity contribution in [2.75, 3.05) is 0 Å². The van der Waals surface area contributed by atoms with Gasteiger partial charge in [0.15, 0.2) is 0 Å². The molecule has 1 saturated heterocycles. The van der Waals surface area contributed by atoms with E-state index in [1.165, 1.54) is 6.92 Å². The zero-order valence-electron chi connectivity index (χ0n) is 9.40. The number of hydrogen-bond acceptors (Lipinski definition) is 2. The first kappa shape index (κ1) is 12.5. The van der Waals surface area contributed by atoms with Crippen molar-refractivity contribution in [1.29, 1.82) is 0 Å². The number of aliphatic carboxylic acids is 1. The third-order valence-electron chi connectivity index (χ3n) is 2.77. The molecule has 4 heteroatoms. The van der Waals surface area contributed by atoms with E-state index in [0.717, 1.165) is 19.3 Å². The van der Waals surface area contributed by atoms with Crippen molar-refractivity contribution in [2.24, 2.45) is 5.92 Å². The number of carboxylic acid groups (broad SMARTS) is 1. The number of carbonyl (C=O) groups excluding carboxylic acids is 1. The Morgan fingerprint density at radius 1 is 1.56 bits per heavy atom. The second-order valence-electron chi connectivity index (χ2n) is 4.04. The van der Waals surface area contributed by atoms with E-state index in [1.54, 1.807) is 12.2 Å². The van der Waals surface area contributed by atoms with Gasteiger partial charge in [-0.25, -0.2) is 4.79 Å². The van der Waals surface area contributed by atoms with Crippen LogP contribution in [0.5, 0.6) is 0 Å². The van der Waals surface area contributed by atoms with Gasteiger partial charge in [0.25, 0.3) is 0 Å². The van der Waals surface area contributed by atoms with Gasteiger partial charge in [0.2, 0.25) is 5.91 Å². The zero-order chi connectivity index (χ0) is 12.1. The van der Waals surface area contributed by atoms with E-state index in [1.807, 2.05) is 0 Å². The van der Waals surface area contributed by atoms with E-state index in [2.05, 4.69) is 11.9 Å². The van der Waals surface area contributed by atoms with Gasteiger partial charge in [-0.15, -0.1) is 6.58 Å². The molecule has 0 aliphatic carbocycles. The molecular formula is C12H17NO3. The minimum Gasteiger partial charge on any atom is -0.478 e. The van der Waals surface area contributed by atoms with E-state index >= 15 is 0 Å². The first-order chi connectivity index (χ1) is 7.54. The number of amides is 1. The molecule has 16 heavy (non-hydrogen) atoms. The predicted molar refractivity (Wildman–Crippen MR) is 60.9 cm³/mol. The molecule has 1 aliphatic rings. The fraction of sp³-hybridized carbons (Fsp3) is 0.500. The van der Waals surface area contributed by atoms with Crippen molar-refractivity contribution in [3.63, 3.8) is 0 Å². The quantitative estimate of drug-likeness (QED) is 0.562. The van der Waals surface area contributed by atoms with Crippen LogP contribution in [-0.2, 0) is 9.59 Å².